The summed E-state index contributed by atoms with van der Waals surface area (Å²) in [4.78, 5) is 48.6. The molecule has 2 unspecified atom stereocenters. The maximum absolute atomic E-state index is 14.9. The van der Waals surface area contributed by atoms with Crippen LogP contribution >= 0.6 is 11.6 Å². The van der Waals surface area contributed by atoms with E-state index in [1.165, 1.54) is 4.90 Å². The van der Waals surface area contributed by atoms with E-state index in [0.29, 0.717) is 35.7 Å². The highest BCUT2D eigenvalue weighted by Crippen LogP contribution is 2.64. The second-order valence-electron chi connectivity index (χ2n) is 11.9. The van der Waals surface area contributed by atoms with E-state index in [4.69, 9.17) is 16.3 Å². The van der Waals surface area contributed by atoms with Crippen molar-refractivity contribution in [3.8, 4) is 0 Å². The number of anilines is 2. The van der Waals surface area contributed by atoms with Crippen molar-refractivity contribution in [3.05, 3.63) is 84.4 Å². The molecule has 8 nitrogen and oxygen atoms in total. The normalized spacial score (nSPS) is 28.0. The summed E-state index contributed by atoms with van der Waals surface area (Å²) in [6.07, 6.45) is 4.63. The number of para-hydroxylation sites is 2. The van der Waals surface area contributed by atoms with Crippen LogP contribution in [0.3, 0.4) is 0 Å². The van der Waals surface area contributed by atoms with Crippen molar-refractivity contribution in [2.45, 2.75) is 63.3 Å². The van der Waals surface area contributed by atoms with Gasteiger partial charge in [0.2, 0.25) is 11.8 Å². The molecule has 5 rings (SSSR count). The van der Waals surface area contributed by atoms with Crippen molar-refractivity contribution in [3.63, 3.8) is 0 Å². The van der Waals surface area contributed by atoms with Gasteiger partial charge in [-0.2, -0.15) is 0 Å². The molecule has 43 heavy (non-hydrogen) atoms. The zero-order chi connectivity index (χ0) is 31.1. The van der Waals surface area contributed by atoms with Gasteiger partial charge in [0.25, 0.3) is 5.91 Å². The van der Waals surface area contributed by atoms with Gasteiger partial charge in [-0.15, -0.1) is 13.2 Å². The van der Waals surface area contributed by atoms with Gasteiger partial charge in [0, 0.05) is 18.8 Å². The Hall–Kier alpha value is -3.46. The molecule has 9 heteroatoms. The van der Waals surface area contributed by atoms with Crippen LogP contribution in [-0.4, -0.2) is 70.7 Å². The van der Waals surface area contributed by atoms with Crippen LogP contribution in [0.4, 0.5) is 11.4 Å². The molecular weight excluding hydrogens is 566 g/mol. The van der Waals surface area contributed by atoms with Crippen molar-refractivity contribution in [1.29, 1.82) is 0 Å². The lowest BCUT2D eigenvalue weighted by atomic mass is 9.66. The lowest BCUT2D eigenvalue weighted by Gasteiger charge is -2.39. The summed E-state index contributed by atoms with van der Waals surface area (Å²) in [5.41, 5.74) is -0.194. The smallest absolute Gasteiger partial charge is 0.253 e. The Morgan fingerprint density at radius 3 is 2.37 bits per heavy atom. The topological polar surface area (TPSA) is 90.4 Å². The van der Waals surface area contributed by atoms with E-state index in [1.54, 1.807) is 28.0 Å². The molecule has 0 aromatic heterocycles. The first kappa shape index (κ1) is 31.0. The Bertz CT molecular complexity index is 1410. The first-order chi connectivity index (χ1) is 20.6. The fourth-order valence-electron chi connectivity index (χ4n) is 7.59. The summed E-state index contributed by atoms with van der Waals surface area (Å²) in [5, 5.41) is 10.8. The molecule has 2 bridgehead atoms. The van der Waals surface area contributed by atoms with E-state index in [-0.39, 0.29) is 37.4 Å². The molecular formula is C34H40ClN3O5. The standard InChI is InChI=1S/C34H40ClN3O5/c1-6-19-36(24-14-10-9-11-15-24)30(40)26-27-31(41)38(23(8-3)21-39)29(34(27)18-17-33(26,5)43-34)32(42)37(20-7-2)28-22(4)13-12-16-25(28)35/h6-7,9-16,23,26-27,29,39H,1-2,8,17-21H2,3-5H3/t23-,26-,27-,29?,33+,34?/m0/s1. The number of aryl methyl sites for hydroxylation is 1. The van der Waals surface area contributed by atoms with Crippen LogP contribution in [0.2, 0.25) is 5.02 Å². The summed E-state index contributed by atoms with van der Waals surface area (Å²) < 4.78 is 6.84. The fraction of sp³-hybridized carbons (Fsp3) is 0.441. The molecule has 3 aliphatic heterocycles. The molecule has 0 aliphatic carbocycles. The molecule has 6 atom stereocenters. The van der Waals surface area contributed by atoms with Gasteiger partial charge in [0.15, 0.2) is 0 Å². The minimum Gasteiger partial charge on any atom is -0.394 e. The summed E-state index contributed by atoms with van der Waals surface area (Å²) in [6, 6.07) is 13.0. The quantitative estimate of drug-likeness (QED) is 0.367. The number of aliphatic hydroxyl groups is 1. The Balaban J connectivity index is 1.65. The van der Waals surface area contributed by atoms with Crippen molar-refractivity contribution in [1.82, 2.24) is 4.90 Å². The Kier molecular flexibility index (Phi) is 8.58. The van der Waals surface area contributed by atoms with E-state index in [1.807, 2.05) is 63.2 Å². The number of likely N-dealkylation sites (tertiary alicyclic amines) is 1. The molecule has 2 aromatic rings. The van der Waals surface area contributed by atoms with Crippen LogP contribution in [-0.2, 0) is 19.1 Å². The summed E-state index contributed by atoms with van der Waals surface area (Å²) >= 11 is 6.65. The number of fused-ring (bicyclic) bond motifs is 1. The SMILES string of the molecule is C=CCN(C(=O)[C@@H]1[C@H]2C(=O)N([C@@H](CC)CO)C(C(=O)N(CC=C)c3c(C)cccc3Cl)C23CC[C@@]1(C)O3)c1ccccc1. The molecule has 3 saturated heterocycles. The highest BCUT2D eigenvalue weighted by atomic mass is 35.5. The van der Waals surface area contributed by atoms with Crippen LogP contribution < -0.4 is 9.80 Å². The van der Waals surface area contributed by atoms with Crippen molar-refractivity contribution < 1.29 is 24.2 Å². The van der Waals surface area contributed by atoms with E-state index in [0.717, 1.165) is 5.56 Å². The van der Waals surface area contributed by atoms with Crippen molar-refractivity contribution in [2.75, 3.05) is 29.5 Å². The number of nitrogens with zero attached hydrogens (tertiary/aromatic N) is 3. The third-order valence-electron chi connectivity index (χ3n) is 9.47. The highest BCUT2D eigenvalue weighted by molar-refractivity contribution is 6.34. The van der Waals surface area contributed by atoms with Gasteiger partial charge in [-0.1, -0.05) is 61.0 Å². The maximum Gasteiger partial charge on any atom is 0.253 e. The lowest BCUT2D eigenvalue weighted by Crippen LogP contribution is -2.59. The van der Waals surface area contributed by atoms with Gasteiger partial charge in [0.1, 0.15) is 11.6 Å². The van der Waals surface area contributed by atoms with E-state index >= 15 is 0 Å². The number of aliphatic hydroxyl groups excluding tert-OH is 1. The highest BCUT2D eigenvalue weighted by Gasteiger charge is 2.79. The second-order valence-corrected chi connectivity index (χ2v) is 12.3. The maximum atomic E-state index is 14.9. The van der Waals surface area contributed by atoms with Crippen molar-refractivity contribution >= 4 is 40.7 Å². The van der Waals surface area contributed by atoms with Crippen LogP contribution in [0.5, 0.6) is 0 Å². The minimum atomic E-state index is -1.25. The van der Waals surface area contributed by atoms with E-state index in [2.05, 4.69) is 13.2 Å². The molecule has 3 amide bonds. The number of halogens is 1. The number of hydrogen-bond donors (Lipinski definition) is 1. The van der Waals surface area contributed by atoms with Gasteiger partial charge in [-0.3, -0.25) is 14.4 Å². The predicted molar refractivity (Wildman–Crippen MR) is 168 cm³/mol. The number of carbonyl (C=O) groups is 3. The lowest BCUT2D eigenvalue weighted by molar-refractivity contribution is -0.148. The molecule has 3 aliphatic rings. The number of benzene rings is 2. The van der Waals surface area contributed by atoms with Crippen molar-refractivity contribution in [2.24, 2.45) is 11.8 Å². The number of amides is 3. The van der Waals surface area contributed by atoms with Gasteiger partial charge < -0.3 is 24.5 Å². The number of hydrogen-bond acceptors (Lipinski definition) is 5. The Morgan fingerprint density at radius 1 is 1.09 bits per heavy atom. The third kappa shape index (κ3) is 4.80. The minimum absolute atomic E-state index is 0.152. The third-order valence-corrected chi connectivity index (χ3v) is 9.78. The number of rotatable bonds is 11. The predicted octanol–water partition coefficient (Wildman–Crippen LogP) is 4.92. The molecule has 1 spiro atoms. The summed E-state index contributed by atoms with van der Waals surface area (Å²) in [6.45, 7) is 13.4. The van der Waals surface area contributed by atoms with Gasteiger partial charge >= 0.3 is 0 Å². The average molecular weight is 606 g/mol. The van der Waals surface area contributed by atoms with Crippen LogP contribution in [0.15, 0.2) is 73.8 Å². The molecule has 228 valence electrons. The molecule has 3 fully saturated rings. The second kappa shape index (κ2) is 11.9. The van der Waals surface area contributed by atoms with E-state index < -0.39 is 35.1 Å². The molecule has 0 radical (unpaired) electrons. The zero-order valence-corrected chi connectivity index (χ0v) is 25.8. The molecule has 0 saturated carbocycles. The number of carbonyl (C=O) groups excluding carboxylic acids is 3. The van der Waals surface area contributed by atoms with Gasteiger partial charge in [-0.25, -0.2) is 0 Å². The summed E-state index contributed by atoms with van der Waals surface area (Å²) in [7, 11) is 0. The fourth-order valence-corrected chi connectivity index (χ4v) is 7.91. The monoisotopic (exact) mass is 605 g/mol. The number of ether oxygens (including phenoxy) is 1. The molecule has 2 aromatic carbocycles. The van der Waals surface area contributed by atoms with Crippen LogP contribution in [0.25, 0.3) is 0 Å². The van der Waals surface area contributed by atoms with Crippen LogP contribution in [0, 0.1) is 18.8 Å². The molecule has 1 N–H and O–H groups in total. The van der Waals surface area contributed by atoms with Gasteiger partial charge in [0.05, 0.1) is 40.8 Å². The largest absolute Gasteiger partial charge is 0.394 e. The first-order valence-corrected chi connectivity index (χ1v) is 15.3. The Labute approximate surface area is 258 Å². The van der Waals surface area contributed by atoms with Gasteiger partial charge in [-0.05, 0) is 56.9 Å². The average Bonchev–Trinajstić information content (AvgIpc) is 3.56. The first-order valence-electron chi connectivity index (χ1n) is 14.9. The zero-order valence-electron chi connectivity index (χ0n) is 25.0. The Morgan fingerprint density at radius 2 is 1.77 bits per heavy atom. The summed E-state index contributed by atoms with van der Waals surface area (Å²) in [5.74, 6) is -2.70. The van der Waals surface area contributed by atoms with Crippen LogP contribution in [0.1, 0.15) is 38.7 Å². The van der Waals surface area contributed by atoms with E-state index in [9.17, 15) is 19.5 Å². The molecule has 3 heterocycles.